The second-order valence-corrected chi connectivity index (χ2v) is 5.23. The van der Waals surface area contributed by atoms with Crippen LogP contribution in [0.3, 0.4) is 0 Å². The Morgan fingerprint density at radius 2 is 2.06 bits per heavy atom. The number of rotatable bonds is 3. The molecule has 0 spiro atoms. The number of hydrogen-bond acceptors (Lipinski definition) is 2. The number of nitrogens with one attached hydrogen (secondary N) is 1. The maximum Gasteiger partial charge on any atom is 0.241 e. The average Bonchev–Trinajstić information content (AvgIpc) is 2.87. The van der Waals surface area contributed by atoms with Crippen LogP contribution in [0.2, 0.25) is 5.02 Å². The number of carbonyl (C=O) groups excluding carboxylic acids is 1. The zero-order valence-corrected chi connectivity index (χ0v) is 11.6. The summed E-state index contributed by atoms with van der Waals surface area (Å²) in [7, 11) is 0. The molecule has 1 N–H and O–H groups in total. The molecule has 1 fully saturated rings. The molecule has 1 aromatic carbocycles. The van der Waals surface area contributed by atoms with E-state index < -0.39 is 0 Å². The summed E-state index contributed by atoms with van der Waals surface area (Å²) in [6.07, 6.45) is 2.38. The van der Waals surface area contributed by atoms with Gasteiger partial charge < -0.3 is 5.32 Å². The minimum Gasteiger partial charge on any atom is -0.324 e. The van der Waals surface area contributed by atoms with Crippen LogP contribution in [0.4, 0.5) is 5.69 Å². The summed E-state index contributed by atoms with van der Waals surface area (Å²) in [5, 5.41) is 3.64. The Bertz CT molecular complexity index is 441. The molecule has 1 aliphatic heterocycles. The van der Waals surface area contributed by atoms with Gasteiger partial charge in [0.05, 0.1) is 6.04 Å². The quantitative estimate of drug-likeness (QED) is 0.912. The van der Waals surface area contributed by atoms with Gasteiger partial charge in [-0.3, -0.25) is 9.69 Å². The highest BCUT2D eigenvalue weighted by Crippen LogP contribution is 2.23. The van der Waals surface area contributed by atoms with Gasteiger partial charge in [0.15, 0.2) is 0 Å². The summed E-state index contributed by atoms with van der Waals surface area (Å²) >= 11 is 6.04. The highest BCUT2D eigenvalue weighted by Gasteiger charge is 2.24. The zero-order chi connectivity index (χ0) is 13.1. The zero-order valence-electron chi connectivity index (χ0n) is 10.9. The van der Waals surface area contributed by atoms with E-state index in [0.717, 1.165) is 24.3 Å². The van der Waals surface area contributed by atoms with E-state index in [1.165, 1.54) is 12.8 Å². The van der Waals surface area contributed by atoms with Gasteiger partial charge in [-0.15, -0.1) is 0 Å². The van der Waals surface area contributed by atoms with Gasteiger partial charge in [0.2, 0.25) is 5.91 Å². The predicted octanol–water partition coefficient (Wildman–Crippen LogP) is 3.07. The Morgan fingerprint density at radius 3 is 2.72 bits per heavy atom. The first-order chi connectivity index (χ1) is 8.59. The molecule has 1 heterocycles. The van der Waals surface area contributed by atoms with E-state index in [-0.39, 0.29) is 11.9 Å². The van der Waals surface area contributed by atoms with Crippen LogP contribution in [0.25, 0.3) is 0 Å². The summed E-state index contributed by atoms with van der Waals surface area (Å²) in [5.41, 5.74) is 1.72. The summed E-state index contributed by atoms with van der Waals surface area (Å²) in [4.78, 5) is 14.4. The standard InChI is InChI=1S/C14H19ClN2O/c1-10-12(15)6-5-7-13(10)16-14(18)11(2)17-8-3-4-9-17/h5-7,11H,3-4,8-9H2,1-2H3,(H,16,18)/t11-/m1/s1. The van der Waals surface area contributed by atoms with Crippen LogP contribution in [0, 0.1) is 6.92 Å². The number of nitrogens with zero attached hydrogens (tertiary/aromatic N) is 1. The van der Waals surface area contributed by atoms with E-state index >= 15 is 0 Å². The normalized spacial score (nSPS) is 17.7. The molecule has 0 bridgehead atoms. The lowest BCUT2D eigenvalue weighted by molar-refractivity contribution is -0.120. The largest absolute Gasteiger partial charge is 0.324 e. The minimum atomic E-state index is -0.0779. The summed E-state index contributed by atoms with van der Waals surface area (Å²) in [6.45, 7) is 5.91. The van der Waals surface area contributed by atoms with Gasteiger partial charge in [-0.25, -0.2) is 0 Å². The smallest absolute Gasteiger partial charge is 0.241 e. The lowest BCUT2D eigenvalue weighted by Crippen LogP contribution is -2.40. The topological polar surface area (TPSA) is 32.3 Å². The number of benzene rings is 1. The molecule has 98 valence electrons. The van der Waals surface area contributed by atoms with Crippen LogP contribution in [0.1, 0.15) is 25.3 Å². The van der Waals surface area contributed by atoms with Gasteiger partial charge in [-0.1, -0.05) is 17.7 Å². The molecule has 1 amide bonds. The Balaban J connectivity index is 2.04. The van der Waals surface area contributed by atoms with Crippen molar-refractivity contribution in [3.8, 4) is 0 Å². The molecule has 1 saturated heterocycles. The van der Waals surface area contributed by atoms with Crippen molar-refractivity contribution in [3.05, 3.63) is 28.8 Å². The van der Waals surface area contributed by atoms with Gasteiger partial charge in [-0.05, 0) is 57.5 Å². The van der Waals surface area contributed by atoms with Gasteiger partial charge in [0.1, 0.15) is 0 Å². The van der Waals surface area contributed by atoms with Gasteiger partial charge in [0, 0.05) is 10.7 Å². The molecule has 2 rings (SSSR count). The molecule has 0 radical (unpaired) electrons. The van der Waals surface area contributed by atoms with Crippen molar-refractivity contribution in [2.45, 2.75) is 32.7 Å². The van der Waals surface area contributed by atoms with E-state index in [2.05, 4.69) is 10.2 Å². The number of amides is 1. The first-order valence-electron chi connectivity index (χ1n) is 6.39. The van der Waals surface area contributed by atoms with Crippen molar-refractivity contribution in [3.63, 3.8) is 0 Å². The van der Waals surface area contributed by atoms with Gasteiger partial charge >= 0.3 is 0 Å². The Kier molecular flexibility index (Phi) is 4.25. The average molecular weight is 267 g/mol. The first-order valence-corrected chi connectivity index (χ1v) is 6.77. The predicted molar refractivity (Wildman–Crippen MR) is 75.1 cm³/mol. The second-order valence-electron chi connectivity index (χ2n) is 4.82. The van der Waals surface area contributed by atoms with Crippen LogP contribution >= 0.6 is 11.6 Å². The summed E-state index contributed by atoms with van der Waals surface area (Å²) in [6, 6.07) is 5.49. The monoisotopic (exact) mass is 266 g/mol. The summed E-state index contributed by atoms with van der Waals surface area (Å²) in [5.74, 6) is 0.0438. The maximum atomic E-state index is 12.2. The van der Waals surface area contributed by atoms with Crippen molar-refractivity contribution in [1.82, 2.24) is 4.90 Å². The van der Waals surface area contributed by atoms with E-state index in [1.54, 1.807) is 0 Å². The molecule has 1 atom stereocenters. The van der Waals surface area contributed by atoms with E-state index in [4.69, 9.17) is 11.6 Å². The number of likely N-dealkylation sites (tertiary alicyclic amines) is 1. The van der Waals surface area contributed by atoms with E-state index in [9.17, 15) is 4.79 Å². The molecule has 0 aliphatic carbocycles. The van der Waals surface area contributed by atoms with Crippen LogP contribution in [0.15, 0.2) is 18.2 Å². The van der Waals surface area contributed by atoms with Gasteiger partial charge in [-0.2, -0.15) is 0 Å². The third-order valence-electron chi connectivity index (χ3n) is 3.59. The number of carbonyl (C=O) groups is 1. The number of hydrogen-bond donors (Lipinski definition) is 1. The minimum absolute atomic E-state index is 0.0438. The first kappa shape index (κ1) is 13.4. The number of halogens is 1. The van der Waals surface area contributed by atoms with Crippen LogP contribution < -0.4 is 5.32 Å². The van der Waals surface area contributed by atoms with Crippen molar-refractivity contribution in [1.29, 1.82) is 0 Å². The van der Waals surface area contributed by atoms with E-state index in [0.29, 0.717) is 5.02 Å². The third kappa shape index (κ3) is 2.85. The molecule has 1 aliphatic rings. The molecule has 0 saturated carbocycles. The highest BCUT2D eigenvalue weighted by molar-refractivity contribution is 6.31. The van der Waals surface area contributed by atoms with Crippen LogP contribution in [0.5, 0.6) is 0 Å². The van der Waals surface area contributed by atoms with Crippen molar-refractivity contribution in [2.24, 2.45) is 0 Å². The van der Waals surface area contributed by atoms with Crippen LogP contribution in [-0.2, 0) is 4.79 Å². The number of anilines is 1. The summed E-state index contributed by atoms with van der Waals surface area (Å²) < 4.78 is 0. The Labute approximate surface area is 113 Å². The molecule has 1 aromatic rings. The molecule has 18 heavy (non-hydrogen) atoms. The molecular formula is C14H19ClN2O. The SMILES string of the molecule is Cc1c(Cl)cccc1NC(=O)[C@@H](C)N1CCCC1. The molecule has 0 aromatic heterocycles. The van der Waals surface area contributed by atoms with Gasteiger partial charge in [0.25, 0.3) is 0 Å². The lowest BCUT2D eigenvalue weighted by atomic mass is 10.2. The van der Waals surface area contributed by atoms with Crippen molar-refractivity contribution < 1.29 is 4.79 Å². The van der Waals surface area contributed by atoms with Crippen molar-refractivity contribution >= 4 is 23.2 Å². The van der Waals surface area contributed by atoms with E-state index in [1.807, 2.05) is 32.0 Å². The molecular weight excluding hydrogens is 248 g/mol. The lowest BCUT2D eigenvalue weighted by Gasteiger charge is -2.23. The maximum absolute atomic E-state index is 12.2. The second kappa shape index (κ2) is 5.72. The fourth-order valence-electron chi connectivity index (χ4n) is 2.27. The van der Waals surface area contributed by atoms with Crippen molar-refractivity contribution in [2.75, 3.05) is 18.4 Å². The molecule has 3 nitrogen and oxygen atoms in total. The third-order valence-corrected chi connectivity index (χ3v) is 4.00. The fraction of sp³-hybridized carbons (Fsp3) is 0.500. The van der Waals surface area contributed by atoms with Crippen LogP contribution in [-0.4, -0.2) is 29.9 Å². The highest BCUT2D eigenvalue weighted by atomic mass is 35.5. The fourth-order valence-corrected chi connectivity index (χ4v) is 2.45. The Hall–Kier alpha value is -1.06. The Morgan fingerprint density at radius 1 is 1.39 bits per heavy atom. The molecule has 4 heteroatoms. The molecule has 0 unspecified atom stereocenters.